The second-order valence-electron chi connectivity index (χ2n) is 4.38. The van der Waals surface area contributed by atoms with Gasteiger partial charge in [0, 0.05) is 13.0 Å². The maximum Gasteiger partial charge on any atom is 0.131 e. The van der Waals surface area contributed by atoms with Crippen LogP contribution in [0, 0.1) is 11.6 Å². The molecule has 4 heteroatoms. The van der Waals surface area contributed by atoms with E-state index in [-0.39, 0.29) is 18.1 Å². The predicted molar refractivity (Wildman–Crippen MR) is 59.5 cm³/mol. The van der Waals surface area contributed by atoms with Gasteiger partial charge in [-0.25, -0.2) is 8.78 Å². The molecule has 0 amide bonds. The number of aliphatic hydroxyl groups excluding tert-OH is 1. The zero-order chi connectivity index (χ0) is 12.3. The molecule has 0 aromatic heterocycles. The van der Waals surface area contributed by atoms with Crippen molar-refractivity contribution in [2.45, 2.75) is 37.9 Å². The molecular formula is C13H16F2O2. The van der Waals surface area contributed by atoms with Gasteiger partial charge in [0.2, 0.25) is 0 Å². The minimum Gasteiger partial charge on any atom is -0.388 e. The lowest BCUT2D eigenvalue weighted by Crippen LogP contribution is -2.22. The van der Waals surface area contributed by atoms with E-state index in [2.05, 4.69) is 0 Å². The van der Waals surface area contributed by atoms with Crippen LogP contribution in [-0.2, 0) is 4.74 Å². The third-order valence-corrected chi connectivity index (χ3v) is 3.09. The molecule has 1 heterocycles. The van der Waals surface area contributed by atoms with Crippen LogP contribution in [0.1, 0.15) is 37.4 Å². The van der Waals surface area contributed by atoms with Crippen molar-refractivity contribution in [3.05, 3.63) is 35.4 Å². The summed E-state index contributed by atoms with van der Waals surface area (Å²) in [6.07, 6.45) is 1.90. The Morgan fingerprint density at radius 3 is 2.59 bits per heavy atom. The van der Waals surface area contributed by atoms with Gasteiger partial charge in [-0.15, -0.1) is 0 Å². The van der Waals surface area contributed by atoms with Crippen molar-refractivity contribution in [2.75, 3.05) is 6.61 Å². The zero-order valence-corrected chi connectivity index (χ0v) is 9.53. The summed E-state index contributed by atoms with van der Waals surface area (Å²) in [4.78, 5) is 0. The first-order chi connectivity index (χ1) is 8.18. The minimum absolute atomic E-state index is 0.0993. The van der Waals surface area contributed by atoms with Crippen LogP contribution in [0.2, 0.25) is 0 Å². The van der Waals surface area contributed by atoms with Crippen LogP contribution < -0.4 is 0 Å². The summed E-state index contributed by atoms with van der Waals surface area (Å²) in [6.45, 7) is 0.664. The van der Waals surface area contributed by atoms with Crippen molar-refractivity contribution in [1.82, 2.24) is 0 Å². The van der Waals surface area contributed by atoms with E-state index in [9.17, 15) is 13.9 Å². The molecular weight excluding hydrogens is 226 g/mol. The van der Waals surface area contributed by atoms with Crippen molar-refractivity contribution < 1.29 is 18.6 Å². The molecule has 94 valence electrons. The Morgan fingerprint density at radius 2 is 2.00 bits per heavy atom. The molecule has 1 aromatic carbocycles. The average Bonchev–Trinajstić information content (AvgIpc) is 2.30. The molecule has 2 rings (SSSR count). The van der Waals surface area contributed by atoms with Gasteiger partial charge in [-0.1, -0.05) is 6.07 Å². The molecule has 2 unspecified atom stereocenters. The van der Waals surface area contributed by atoms with Crippen molar-refractivity contribution in [1.29, 1.82) is 0 Å². The molecule has 0 saturated carbocycles. The van der Waals surface area contributed by atoms with Crippen molar-refractivity contribution >= 4 is 0 Å². The summed E-state index contributed by atoms with van der Waals surface area (Å²) < 4.78 is 32.3. The van der Waals surface area contributed by atoms with Crippen molar-refractivity contribution in [2.24, 2.45) is 0 Å². The summed E-state index contributed by atoms with van der Waals surface area (Å²) in [7, 11) is 0. The Kier molecular flexibility index (Phi) is 4.07. The molecule has 1 fully saturated rings. The number of rotatable bonds is 3. The van der Waals surface area contributed by atoms with Gasteiger partial charge in [0.1, 0.15) is 11.6 Å². The molecule has 1 N–H and O–H groups in total. The van der Waals surface area contributed by atoms with Gasteiger partial charge in [0.15, 0.2) is 0 Å². The van der Waals surface area contributed by atoms with Gasteiger partial charge in [0.05, 0.1) is 17.8 Å². The summed E-state index contributed by atoms with van der Waals surface area (Å²) in [6, 6.07) is 3.60. The number of hydrogen-bond acceptors (Lipinski definition) is 2. The van der Waals surface area contributed by atoms with Gasteiger partial charge in [-0.3, -0.25) is 0 Å². The summed E-state index contributed by atoms with van der Waals surface area (Å²) in [5.41, 5.74) is -0.248. The first-order valence-electron chi connectivity index (χ1n) is 5.92. The summed E-state index contributed by atoms with van der Waals surface area (Å²) in [5.74, 6) is -1.40. The fraction of sp³-hybridized carbons (Fsp3) is 0.538. The highest BCUT2D eigenvalue weighted by molar-refractivity contribution is 5.22. The molecule has 2 atom stereocenters. The van der Waals surface area contributed by atoms with Gasteiger partial charge >= 0.3 is 0 Å². The highest BCUT2D eigenvalue weighted by atomic mass is 19.1. The molecule has 2 nitrogen and oxygen atoms in total. The second-order valence-corrected chi connectivity index (χ2v) is 4.38. The van der Waals surface area contributed by atoms with Crippen LogP contribution in [-0.4, -0.2) is 17.8 Å². The molecule has 1 saturated heterocycles. The molecule has 1 aliphatic rings. The van der Waals surface area contributed by atoms with Gasteiger partial charge in [0.25, 0.3) is 0 Å². The van der Waals surface area contributed by atoms with E-state index in [1.807, 2.05) is 0 Å². The second kappa shape index (κ2) is 5.56. The van der Waals surface area contributed by atoms with Crippen LogP contribution in [0.15, 0.2) is 18.2 Å². The maximum atomic E-state index is 13.4. The lowest BCUT2D eigenvalue weighted by Gasteiger charge is -2.25. The van der Waals surface area contributed by atoms with E-state index < -0.39 is 17.7 Å². The topological polar surface area (TPSA) is 29.5 Å². The average molecular weight is 242 g/mol. The fourth-order valence-electron chi connectivity index (χ4n) is 2.19. The molecule has 1 aromatic rings. The van der Waals surface area contributed by atoms with Crippen molar-refractivity contribution in [3.8, 4) is 0 Å². The molecule has 0 aliphatic carbocycles. The number of hydrogen-bond donors (Lipinski definition) is 1. The van der Waals surface area contributed by atoms with Gasteiger partial charge in [-0.05, 0) is 31.4 Å². The first-order valence-corrected chi connectivity index (χ1v) is 5.92. The van der Waals surface area contributed by atoms with E-state index in [0.29, 0.717) is 6.61 Å². The largest absolute Gasteiger partial charge is 0.388 e. The van der Waals surface area contributed by atoms with E-state index in [1.54, 1.807) is 0 Å². The molecule has 0 radical (unpaired) electrons. The number of halogens is 2. The van der Waals surface area contributed by atoms with Crippen LogP contribution in [0.4, 0.5) is 8.78 Å². The smallest absolute Gasteiger partial charge is 0.131 e. The van der Waals surface area contributed by atoms with E-state index >= 15 is 0 Å². The number of benzene rings is 1. The van der Waals surface area contributed by atoms with Crippen LogP contribution in [0.5, 0.6) is 0 Å². The minimum atomic E-state index is -1.14. The van der Waals surface area contributed by atoms with Crippen LogP contribution in [0.3, 0.4) is 0 Å². The highest BCUT2D eigenvalue weighted by Crippen LogP contribution is 2.27. The highest BCUT2D eigenvalue weighted by Gasteiger charge is 2.23. The molecule has 0 bridgehead atoms. The van der Waals surface area contributed by atoms with Crippen LogP contribution >= 0.6 is 0 Å². The van der Waals surface area contributed by atoms with E-state index in [4.69, 9.17) is 4.74 Å². The third-order valence-electron chi connectivity index (χ3n) is 3.09. The zero-order valence-electron chi connectivity index (χ0n) is 9.53. The lowest BCUT2D eigenvalue weighted by atomic mass is 9.98. The maximum absolute atomic E-state index is 13.4. The Balaban J connectivity index is 2.05. The lowest BCUT2D eigenvalue weighted by molar-refractivity contribution is -0.0167. The summed E-state index contributed by atoms with van der Waals surface area (Å²) in [5, 5.41) is 9.87. The van der Waals surface area contributed by atoms with Gasteiger partial charge in [-0.2, -0.15) is 0 Å². The van der Waals surface area contributed by atoms with Crippen LogP contribution in [0.25, 0.3) is 0 Å². The van der Waals surface area contributed by atoms with Crippen molar-refractivity contribution in [3.63, 3.8) is 0 Å². The molecule has 1 aliphatic heterocycles. The third kappa shape index (κ3) is 3.01. The first kappa shape index (κ1) is 12.5. The molecule has 17 heavy (non-hydrogen) atoms. The Bertz CT molecular complexity index is 355. The van der Waals surface area contributed by atoms with E-state index in [1.165, 1.54) is 6.07 Å². The number of ether oxygens (including phenoxy) is 1. The predicted octanol–water partition coefficient (Wildman–Crippen LogP) is 2.96. The Morgan fingerprint density at radius 1 is 1.29 bits per heavy atom. The fourth-order valence-corrected chi connectivity index (χ4v) is 2.19. The monoisotopic (exact) mass is 242 g/mol. The Hall–Kier alpha value is -1.00. The quantitative estimate of drug-likeness (QED) is 0.883. The standard InChI is InChI=1S/C13H16F2O2/c14-10-5-3-6-11(15)13(10)12(16)8-9-4-1-2-7-17-9/h3,5-6,9,12,16H,1-2,4,7-8H2. The van der Waals surface area contributed by atoms with E-state index in [0.717, 1.165) is 31.4 Å². The normalized spacial score (nSPS) is 22.4. The SMILES string of the molecule is OC(CC1CCCCO1)c1c(F)cccc1F. The molecule has 0 spiro atoms. The number of aliphatic hydroxyl groups is 1. The Labute approximate surface area is 99.2 Å². The summed E-state index contributed by atoms with van der Waals surface area (Å²) >= 11 is 0. The van der Waals surface area contributed by atoms with Gasteiger partial charge < -0.3 is 9.84 Å².